The summed E-state index contributed by atoms with van der Waals surface area (Å²) in [6.45, 7) is 4.39. The Labute approximate surface area is 177 Å². The lowest BCUT2D eigenvalue weighted by molar-refractivity contribution is 0.104. The molecule has 0 atom stereocenters. The molecular weight excluding hydrogens is 400 g/mol. The second-order valence-corrected chi connectivity index (χ2v) is 9.46. The molecular formula is C23H26N2O4S. The first-order chi connectivity index (χ1) is 14.5. The van der Waals surface area contributed by atoms with Gasteiger partial charge >= 0.3 is 0 Å². The first kappa shape index (κ1) is 20.8. The Morgan fingerprint density at radius 1 is 0.867 bits per heavy atom. The number of sulfonamides is 1. The van der Waals surface area contributed by atoms with Gasteiger partial charge in [-0.2, -0.15) is 4.31 Å². The summed E-state index contributed by atoms with van der Waals surface area (Å²) in [7, 11) is -3.46. The molecule has 2 saturated heterocycles. The Morgan fingerprint density at radius 3 is 2.13 bits per heavy atom. The van der Waals surface area contributed by atoms with Gasteiger partial charge < -0.3 is 9.64 Å². The predicted molar refractivity (Wildman–Crippen MR) is 117 cm³/mol. The quantitative estimate of drug-likeness (QED) is 0.524. The molecule has 0 aromatic heterocycles. The highest BCUT2D eigenvalue weighted by molar-refractivity contribution is 7.89. The molecule has 158 valence electrons. The van der Waals surface area contributed by atoms with Crippen molar-refractivity contribution in [3.63, 3.8) is 0 Å². The second kappa shape index (κ2) is 9.12. The minimum atomic E-state index is -3.46. The SMILES string of the molecule is O=C(/C=C/c1ccc(N2CCOCC2)cc1)c1ccc(S(=O)(=O)N2CCCC2)cc1. The number of benzene rings is 2. The maximum Gasteiger partial charge on any atom is 0.243 e. The van der Waals surface area contributed by atoms with E-state index >= 15 is 0 Å². The Kier molecular flexibility index (Phi) is 6.32. The average molecular weight is 427 g/mol. The van der Waals surface area contributed by atoms with Crippen LogP contribution >= 0.6 is 0 Å². The van der Waals surface area contributed by atoms with Crippen LogP contribution in [0.5, 0.6) is 0 Å². The highest BCUT2D eigenvalue weighted by Crippen LogP contribution is 2.22. The van der Waals surface area contributed by atoms with Gasteiger partial charge in [-0.1, -0.05) is 18.2 Å². The number of allylic oxidation sites excluding steroid dienone is 1. The van der Waals surface area contributed by atoms with Crippen LogP contribution < -0.4 is 4.90 Å². The number of rotatable bonds is 6. The molecule has 6 nitrogen and oxygen atoms in total. The molecule has 2 heterocycles. The van der Waals surface area contributed by atoms with Crippen molar-refractivity contribution in [2.75, 3.05) is 44.3 Å². The van der Waals surface area contributed by atoms with Gasteiger partial charge in [0.1, 0.15) is 0 Å². The summed E-state index contributed by atoms with van der Waals surface area (Å²) in [4.78, 5) is 15.0. The van der Waals surface area contributed by atoms with E-state index in [9.17, 15) is 13.2 Å². The number of ketones is 1. The number of carbonyl (C=O) groups excluding carboxylic acids is 1. The topological polar surface area (TPSA) is 66.9 Å². The molecule has 2 fully saturated rings. The Hall–Kier alpha value is -2.48. The molecule has 0 bridgehead atoms. The monoisotopic (exact) mass is 426 g/mol. The molecule has 0 amide bonds. The number of anilines is 1. The molecule has 0 aliphatic carbocycles. The molecule has 7 heteroatoms. The standard InChI is InChI=1S/C23H26N2O4S/c26-23(12-5-19-3-8-21(9-4-19)24-15-17-29-18-16-24)20-6-10-22(11-7-20)30(27,28)25-13-1-2-14-25/h3-12H,1-2,13-18H2/b12-5+. The van der Waals surface area contributed by atoms with Crippen molar-refractivity contribution in [1.29, 1.82) is 0 Å². The fourth-order valence-corrected chi connectivity index (χ4v) is 5.27. The Balaban J connectivity index is 1.40. The minimum absolute atomic E-state index is 0.155. The molecule has 0 unspecified atom stereocenters. The third-order valence-corrected chi connectivity index (χ3v) is 7.45. The smallest absolute Gasteiger partial charge is 0.243 e. The zero-order valence-corrected chi connectivity index (χ0v) is 17.7. The number of morpholine rings is 1. The van der Waals surface area contributed by atoms with E-state index in [2.05, 4.69) is 4.90 Å². The van der Waals surface area contributed by atoms with Gasteiger partial charge in [0.2, 0.25) is 10.0 Å². The van der Waals surface area contributed by atoms with E-state index in [-0.39, 0.29) is 10.7 Å². The molecule has 4 rings (SSSR count). The zero-order valence-electron chi connectivity index (χ0n) is 16.9. The summed E-state index contributed by atoms with van der Waals surface area (Å²) in [6, 6.07) is 14.3. The molecule has 0 radical (unpaired) electrons. The molecule has 2 aromatic carbocycles. The van der Waals surface area contributed by atoms with E-state index in [1.54, 1.807) is 18.2 Å². The van der Waals surface area contributed by atoms with E-state index in [4.69, 9.17) is 4.74 Å². The van der Waals surface area contributed by atoms with Gasteiger partial charge in [0.15, 0.2) is 5.78 Å². The van der Waals surface area contributed by atoms with Gasteiger partial charge in [-0.3, -0.25) is 4.79 Å². The third kappa shape index (κ3) is 4.64. The van der Waals surface area contributed by atoms with E-state index in [0.29, 0.717) is 18.7 Å². The van der Waals surface area contributed by atoms with Crippen molar-refractivity contribution in [3.05, 3.63) is 65.7 Å². The van der Waals surface area contributed by atoms with Crippen molar-refractivity contribution in [3.8, 4) is 0 Å². The first-order valence-electron chi connectivity index (χ1n) is 10.3. The van der Waals surface area contributed by atoms with Crippen LogP contribution in [0.1, 0.15) is 28.8 Å². The molecule has 0 N–H and O–H groups in total. The number of ether oxygens (including phenoxy) is 1. The maximum absolute atomic E-state index is 12.6. The van der Waals surface area contributed by atoms with Gasteiger partial charge in [-0.05, 0) is 60.9 Å². The summed E-state index contributed by atoms with van der Waals surface area (Å²) >= 11 is 0. The van der Waals surface area contributed by atoms with Crippen LogP contribution in [-0.2, 0) is 14.8 Å². The lowest BCUT2D eigenvalue weighted by Gasteiger charge is -2.28. The summed E-state index contributed by atoms with van der Waals surface area (Å²) < 4.78 is 32.1. The van der Waals surface area contributed by atoms with Gasteiger partial charge in [0.05, 0.1) is 18.1 Å². The fraction of sp³-hybridized carbons (Fsp3) is 0.348. The maximum atomic E-state index is 12.6. The molecule has 2 aliphatic heterocycles. The first-order valence-corrected chi connectivity index (χ1v) is 11.7. The van der Waals surface area contributed by atoms with Crippen molar-refractivity contribution in [2.45, 2.75) is 17.7 Å². The van der Waals surface area contributed by atoms with E-state index < -0.39 is 10.0 Å². The highest BCUT2D eigenvalue weighted by Gasteiger charge is 2.27. The van der Waals surface area contributed by atoms with Crippen molar-refractivity contribution in [2.24, 2.45) is 0 Å². The summed E-state index contributed by atoms with van der Waals surface area (Å²) in [5, 5.41) is 0. The predicted octanol–water partition coefficient (Wildman–Crippen LogP) is 3.20. The molecule has 30 heavy (non-hydrogen) atoms. The van der Waals surface area contributed by atoms with E-state index in [1.807, 2.05) is 24.3 Å². The Morgan fingerprint density at radius 2 is 1.50 bits per heavy atom. The molecule has 2 aliphatic rings. The number of carbonyl (C=O) groups is 1. The highest BCUT2D eigenvalue weighted by atomic mass is 32.2. The lowest BCUT2D eigenvalue weighted by Crippen LogP contribution is -2.36. The van der Waals surface area contributed by atoms with E-state index in [1.165, 1.54) is 22.5 Å². The zero-order chi connectivity index (χ0) is 21.0. The van der Waals surface area contributed by atoms with Gasteiger partial charge in [0.25, 0.3) is 0 Å². The third-order valence-electron chi connectivity index (χ3n) is 5.54. The normalized spacial score (nSPS) is 18.2. The van der Waals surface area contributed by atoms with Crippen LogP contribution in [0.2, 0.25) is 0 Å². The van der Waals surface area contributed by atoms with Gasteiger partial charge in [0, 0.05) is 37.4 Å². The molecule has 0 spiro atoms. The fourth-order valence-electron chi connectivity index (χ4n) is 3.75. The summed E-state index contributed by atoms with van der Waals surface area (Å²) in [5.74, 6) is -0.155. The Bertz CT molecular complexity index is 1000. The van der Waals surface area contributed by atoms with Crippen LogP contribution in [0.4, 0.5) is 5.69 Å². The van der Waals surface area contributed by atoms with Crippen molar-refractivity contribution < 1.29 is 17.9 Å². The van der Waals surface area contributed by atoms with Gasteiger partial charge in [-0.25, -0.2) is 8.42 Å². The summed E-state index contributed by atoms with van der Waals surface area (Å²) in [6.07, 6.45) is 5.09. The van der Waals surface area contributed by atoms with Crippen LogP contribution in [0.15, 0.2) is 59.5 Å². The number of hydrogen-bond acceptors (Lipinski definition) is 5. The largest absolute Gasteiger partial charge is 0.378 e. The van der Waals surface area contributed by atoms with Crippen LogP contribution in [-0.4, -0.2) is 57.9 Å². The lowest BCUT2D eigenvalue weighted by atomic mass is 10.1. The average Bonchev–Trinajstić information content (AvgIpc) is 3.34. The van der Waals surface area contributed by atoms with E-state index in [0.717, 1.165) is 50.4 Å². The van der Waals surface area contributed by atoms with Crippen molar-refractivity contribution in [1.82, 2.24) is 4.31 Å². The molecule has 2 aromatic rings. The van der Waals surface area contributed by atoms with Crippen LogP contribution in [0.3, 0.4) is 0 Å². The number of hydrogen-bond donors (Lipinski definition) is 0. The van der Waals surface area contributed by atoms with Crippen LogP contribution in [0, 0.1) is 0 Å². The minimum Gasteiger partial charge on any atom is -0.378 e. The molecule has 0 saturated carbocycles. The number of nitrogens with zero attached hydrogens (tertiary/aromatic N) is 2. The van der Waals surface area contributed by atoms with Crippen molar-refractivity contribution >= 4 is 27.6 Å². The summed E-state index contributed by atoms with van der Waals surface area (Å²) in [5.41, 5.74) is 2.56. The van der Waals surface area contributed by atoms with Gasteiger partial charge in [-0.15, -0.1) is 0 Å². The second-order valence-electron chi connectivity index (χ2n) is 7.52. The van der Waals surface area contributed by atoms with Crippen LogP contribution in [0.25, 0.3) is 6.08 Å².